The number of rotatable bonds is 8. The van der Waals surface area contributed by atoms with E-state index >= 15 is 0 Å². The van der Waals surface area contributed by atoms with Crippen LogP contribution in [0.3, 0.4) is 0 Å². The molecule has 0 radical (unpaired) electrons. The summed E-state index contributed by atoms with van der Waals surface area (Å²) in [6.45, 7) is 9.67. The molecule has 0 aromatic carbocycles. The molecule has 0 aromatic heterocycles. The van der Waals surface area contributed by atoms with E-state index in [9.17, 15) is 9.59 Å². The molecule has 1 atom stereocenters. The van der Waals surface area contributed by atoms with E-state index in [1.165, 1.54) is 4.90 Å². The van der Waals surface area contributed by atoms with Crippen LogP contribution in [-0.2, 0) is 4.79 Å². The summed E-state index contributed by atoms with van der Waals surface area (Å²) >= 11 is 0. The summed E-state index contributed by atoms with van der Waals surface area (Å²) in [6, 6.07) is -1.25. The Kier molecular flexibility index (Phi) is 7.50. The van der Waals surface area contributed by atoms with Crippen molar-refractivity contribution in [3.8, 4) is 0 Å². The molecule has 0 aromatic rings. The lowest BCUT2D eigenvalue weighted by Gasteiger charge is -2.22. The van der Waals surface area contributed by atoms with Crippen LogP contribution in [-0.4, -0.2) is 41.1 Å². The first kappa shape index (κ1) is 15.2. The molecule has 0 heterocycles. The Bertz CT molecular complexity index is 279. The molecule has 2 amide bonds. The zero-order valence-electron chi connectivity index (χ0n) is 10.2. The largest absolute Gasteiger partial charge is 0.480 e. The molecule has 0 bridgehead atoms. The van der Waals surface area contributed by atoms with Crippen LogP contribution in [0.2, 0.25) is 0 Å². The molecular formula is C12H20N2O3. The van der Waals surface area contributed by atoms with Gasteiger partial charge < -0.3 is 15.3 Å². The number of nitrogens with zero attached hydrogens (tertiary/aromatic N) is 1. The van der Waals surface area contributed by atoms with E-state index < -0.39 is 18.0 Å². The third-order valence-corrected chi connectivity index (χ3v) is 2.16. The Labute approximate surface area is 102 Å². The van der Waals surface area contributed by atoms with Gasteiger partial charge in [0, 0.05) is 13.1 Å². The lowest BCUT2D eigenvalue weighted by molar-refractivity contribution is -0.139. The van der Waals surface area contributed by atoms with Crippen LogP contribution in [0.5, 0.6) is 0 Å². The zero-order chi connectivity index (χ0) is 13.3. The van der Waals surface area contributed by atoms with E-state index in [2.05, 4.69) is 18.5 Å². The monoisotopic (exact) mass is 240 g/mol. The van der Waals surface area contributed by atoms with Gasteiger partial charge in [-0.1, -0.05) is 25.5 Å². The molecule has 5 nitrogen and oxygen atoms in total. The van der Waals surface area contributed by atoms with Gasteiger partial charge in [-0.2, -0.15) is 0 Å². The van der Waals surface area contributed by atoms with Gasteiger partial charge in [-0.25, -0.2) is 9.59 Å². The highest BCUT2D eigenvalue weighted by molar-refractivity contribution is 5.82. The standard InChI is InChI=1S/C12H20N2O3/c1-4-7-10(11(15)16)13-12(17)14(8-5-2)9-6-3/h5-6,10H,2-4,7-9H2,1H3,(H,13,17)(H,15,16)/t10-/m0/s1. The van der Waals surface area contributed by atoms with Crippen molar-refractivity contribution in [2.45, 2.75) is 25.8 Å². The SMILES string of the molecule is C=CCN(CC=C)C(=O)N[C@@H](CCC)C(=O)O. The van der Waals surface area contributed by atoms with Gasteiger partial charge in [0.2, 0.25) is 0 Å². The number of carbonyl (C=O) groups excluding carboxylic acids is 1. The lowest BCUT2D eigenvalue weighted by atomic mass is 10.2. The number of carboxylic acid groups (broad SMARTS) is 1. The van der Waals surface area contributed by atoms with Gasteiger partial charge in [0.25, 0.3) is 0 Å². The summed E-state index contributed by atoms with van der Waals surface area (Å²) in [6.07, 6.45) is 4.27. The first-order chi connectivity index (χ1) is 8.06. The topological polar surface area (TPSA) is 69.6 Å². The Balaban J connectivity index is 4.48. The van der Waals surface area contributed by atoms with Crippen molar-refractivity contribution in [2.75, 3.05) is 13.1 Å². The van der Waals surface area contributed by atoms with E-state index in [4.69, 9.17) is 5.11 Å². The molecule has 2 N–H and O–H groups in total. The number of aliphatic carboxylic acids is 1. The summed E-state index contributed by atoms with van der Waals surface area (Å²) in [4.78, 5) is 24.1. The van der Waals surface area contributed by atoms with Crippen molar-refractivity contribution >= 4 is 12.0 Å². The van der Waals surface area contributed by atoms with E-state index in [0.29, 0.717) is 25.9 Å². The molecule has 17 heavy (non-hydrogen) atoms. The Morgan fingerprint density at radius 1 is 1.35 bits per heavy atom. The van der Waals surface area contributed by atoms with E-state index in [-0.39, 0.29) is 0 Å². The summed E-state index contributed by atoms with van der Waals surface area (Å²) in [5.74, 6) is -1.02. The first-order valence-electron chi connectivity index (χ1n) is 5.56. The lowest BCUT2D eigenvalue weighted by Crippen LogP contribution is -2.48. The Morgan fingerprint density at radius 3 is 2.24 bits per heavy atom. The smallest absolute Gasteiger partial charge is 0.326 e. The number of amides is 2. The van der Waals surface area contributed by atoms with Crippen molar-refractivity contribution < 1.29 is 14.7 Å². The average molecular weight is 240 g/mol. The Morgan fingerprint density at radius 2 is 1.88 bits per heavy atom. The highest BCUT2D eigenvalue weighted by Crippen LogP contribution is 1.99. The summed E-state index contributed by atoms with van der Waals surface area (Å²) < 4.78 is 0. The van der Waals surface area contributed by atoms with Gasteiger partial charge in [-0.15, -0.1) is 13.2 Å². The van der Waals surface area contributed by atoms with Crippen molar-refractivity contribution in [1.82, 2.24) is 10.2 Å². The van der Waals surface area contributed by atoms with Gasteiger partial charge in [-0.05, 0) is 6.42 Å². The van der Waals surface area contributed by atoms with Crippen LogP contribution in [0.4, 0.5) is 4.79 Å². The zero-order valence-corrected chi connectivity index (χ0v) is 10.2. The molecule has 0 saturated heterocycles. The molecule has 0 aliphatic carbocycles. The van der Waals surface area contributed by atoms with Gasteiger partial charge in [0.1, 0.15) is 6.04 Å². The number of hydrogen-bond acceptors (Lipinski definition) is 2. The molecule has 5 heteroatoms. The van der Waals surface area contributed by atoms with Crippen LogP contribution < -0.4 is 5.32 Å². The molecule has 0 aliphatic rings. The number of carbonyl (C=O) groups is 2. The molecule has 0 unspecified atom stereocenters. The van der Waals surface area contributed by atoms with E-state index in [0.717, 1.165) is 0 Å². The van der Waals surface area contributed by atoms with Crippen LogP contribution in [0, 0.1) is 0 Å². The summed E-state index contributed by atoms with van der Waals surface area (Å²) in [5, 5.41) is 11.4. The maximum Gasteiger partial charge on any atom is 0.326 e. The minimum atomic E-state index is -1.02. The minimum absolute atomic E-state index is 0.357. The van der Waals surface area contributed by atoms with Gasteiger partial charge in [-0.3, -0.25) is 0 Å². The average Bonchev–Trinajstić information content (AvgIpc) is 2.28. The summed E-state index contributed by atoms with van der Waals surface area (Å²) in [7, 11) is 0. The predicted molar refractivity (Wildman–Crippen MR) is 66.8 cm³/mol. The molecule has 96 valence electrons. The highest BCUT2D eigenvalue weighted by atomic mass is 16.4. The summed E-state index contributed by atoms with van der Waals surface area (Å²) in [5.41, 5.74) is 0. The molecule has 0 saturated carbocycles. The third kappa shape index (κ3) is 5.75. The minimum Gasteiger partial charge on any atom is -0.480 e. The van der Waals surface area contributed by atoms with Crippen LogP contribution in [0.15, 0.2) is 25.3 Å². The van der Waals surface area contributed by atoms with Crippen molar-refractivity contribution in [3.05, 3.63) is 25.3 Å². The molecule has 0 rings (SSSR count). The molecule has 0 spiro atoms. The first-order valence-corrected chi connectivity index (χ1v) is 5.56. The molecule has 0 aliphatic heterocycles. The molecular weight excluding hydrogens is 220 g/mol. The fourth-order valence-corrected chi connectivity index (χ4v) is 1.34. The van der Waals surface area contributed by atoms with Gasteiger partial charge in [0.05, 0.1) is 0 Å². The fourth-order valence-electron chi connectivity index (χ4n) is 1.34. The van der Waals surface area contributed by atoms with E-state index in [1.54, 1.807) is 12.2 Å². The molecule has 0 fully saturated rings. The quantitative estimate of drug-likeness (QED) is 0.633. The Hall–Kier alpha value is -1.78. The van der Waals surface area contributed by atoms with Crippen LogP contribution in [0.1, 0.15) is 19.8 Å². The number of carboxylic acids is 1. The van der Waals surface area contributed by atoms with Crippen LogP contribution >= 0.6 is 0 Å². The second kappa shape index (κ2) is 8.38. The third-order valence-electron chi connectivity index (χ3n) is 2.16. The predicted octanol–water partition coefficient (Wildman–Crippen LogP) is 1.62. The maximum atomic E-state index is 11.8. The van der Waals surface area contributed by atoms with Crippen LogP contribution in [0.25, 0.3) is 0 Å². The number of nitrogens with one attached hydrogen (secondary N) is 1. The normalized spacial score (nSPS) is 11.4. The van der Waals surface area contributed by atoms with Crippen molar-refractivity contribution in [2.24, 2.45) is 0 Å². The van der Waals surface area contributed by atoms with Crippen molar-refractivity contribution in [1.29, 1.82) is 0 Å². The van der Waals surface area contributed by atoms with Crippen molar-refractivity contribution in [3.63, 3.8) is 0 Å². The second-order valence-corrected chi connectivity index (χ2v) is 3.61. The second-order valence-electron chi connectivity index (χ2n) is 3.61. The van der Waals surface area contributed by atoms with E-state index in [1.807, 2.05) is 6.92 Å². The number of urea groups is 1. The fraction of sp³-hybridized carbons (Fsp3) is 0.500. The van der Waals surface area contributed by atoms with Gasteiger partial charge in [0.15, 0.2) is 0 Å². The maximum absolute atomic E-state index is 11.8. The highest BCUT2D eigenvalue weighted by Gasteiger charge is 2.21. The van der Waals surface area contributed by atoms with Gasteiger partial charge >= 0.3 is 12.0 Å². The number of hydrogen-bond donors (Lipinski definition) is 2.